The van der Waals surface area contributed by atoms with E-state index in [0.717, 1.165) is 0 Å². The Hall–Kier alpha value is -1.65. The summed E-state index contributed by atoms with van der Waals surface area (Å²) >= 11 is 0. The average molecular weight is 239 g/mol. The third-order valence-corrected chi connectivity index (χ3v) is 3.16. The van der Waals surface area contributed by atoms with E-state index in [1.165, 1.54) is 19.4 Å². The summed E-state index contributed by atoms with van der Waals surface area (Å²) in [6, 6.07) is 0. The summed E-state index contributed by atoms with van der Waals surface area (Å²) in [6.45, 7) is 5.51. The molecule has 1 aliphatic rings. The molecule has 0 amide bonds. The second-order valence-electron chi connectivity index (χ2n) is 5.07. The quantitative estimate of drug-likeness (QED) is 0.743. The molecule has 0 fully saturated rings. The van der Waals surface area contributed by atoms with Crippen LogP contribution in [0, 0.1) is 10.8 Å². The van der Waals surface area contributed by atoms with Crippen molar-refractivity contribution in [2.45, 2.75) is 27.2 Å². The first-order valence-electron chi connectivity index (χ1n) is 5.32. The highest BCUT2D eigenvalue weighted by Gasteiger charge is 2.48. The summed E-state index contributed by atoms with van der Waals surface area (Å²) in [5.41, 5.74) is -1.40. The van der Waals surface area contributed by atoms with Gasteiger partial charge in [-0.1, -0.05) is 20.8 Å². The first kappa shape index (κ1) is 13.4. The van der Waals surface area contributed by atoms with Gasteiger partial charge >= 0.3 is 11.9 Å². The lowest BCUT2D eigenvalue weighted by Gasteiger charge is -2.38. The number of hydrogen-bond donors (Lipinski definition) is 1. The summed E-state index contributed by atoms with van der Waals surface area (Å²) in [6.07, 6.45) is 3.10. The van der Waals surface area contributed by atoms with Crippen LogP contribution in [0.5, 0.6) is 0 Å². The van der Waals surface area contributed by atoms with Crippen LogP contribution < -0.4 is 0 Å². The standard InChI is InChI=1S/C12H17NO4/c1-11(2,3)12(10(15)16)6-5-8(13-7-12)9(14)17-4/h5,7H,6H2,1-4H3,(H,15,16). The van der Waals surface area contributed by atoms with Gasteiger partial charge in [0.05, 0.1) is 7.11 Å². The summed E-state index contributed by atoms with van der Waals surface area (Å²) < 4.78 is 4.54. The number of methoxy groups -OCH3 is 1. The highest BCUT2D eigenvalue weighted by atomic mass is 16.5. The number of allylic oxidation sites excluding steroid dienone is 1. The highest BCUT2D eigenvalue weighted by Crippen LogP contribution is 2.43. The van der Waals surface area contributed by atoms with Crippen molar-refractivity contribution in [2.75, 3.05) is 7.11 Å². The summed E-state index contributed by atoms with van der Waals surface area (Å²) in [4.78, 5) is 26.6. The lowest BCUT2D eigenvalue weighted by molar-refractivity contribution is -0.149. The molecule has 0 aromatic carbocycles. The summed E-state index contributed by atoms with van der Waals surface area (Å²) in [7, 11) is 1.27. The van der Waals surface area contributed by atoms with Crippen LogP contribution in [0.3, 0.4) is 0 Å². The zero-order chi connectivity index (χ0) is 13.3. The predicted molar refractivity (Wildman–Crippen MR) is 62.7 cm³/mol. The molecule has 1 heterocycles. The van der Waals surface area contributed by atoms with E-state index in [2.05, 4.69) is 9.73 Å². The summed E-state index contributed by atoms with van der Waals surface area (Å²) in [5, 5.41) is 9.37. The minimum atomic E-state index is -1.08. The number of carboxylic acid groups (broad SMARTS) is 1. The van der Waals surface area contributed by atoms with Gasteiger partial charge in [-0.05, 0) is 17.9 Å². The van der Waals surface area contributed by atoms with Crippen molar-refractivity contribution in [3.63, 3.8) is 0 Å². The minimum Gasteiger partial charge on any atom is -0.481 e. The van der Waals surface area contributed by atoms with Gasteiger partial charge in [0.2, 0.25) is 0 Å². The van der Waals surface area contributed by atoms with Crippen LogP contribution in [0.2, 0.25) is 0 Å². The van der Waals surface area contributed by atoms with Crippen LogP contribution in [0.4, 0.5) is 0 Å². The molecule has 1 unspecified atom stereocenters. The van der Waals surface area contributed by atoms with Crippen molar-refractivity contribution in [3.8, 4) is 0 Å². The molecule has 1 N–H and O–H groups in total. The first-order chi connectivity index (χ1) is 7.74. The van der Waals surface area contributed by atoms with Gasteiger partial charge in [0.25, 0.3) is 0 Å². The van der Waals surface area contributed by atoms with Crippen LogP contribution in [-0.2, 0) is 14.3 Å². The van der Waals surface area contributed by atoms with E-state index in [1.54, 1.807) is 0 Å². The van der Waals surface area contributed by atoms with E-state index >= 15 is 0 Å². The van der Waals surface area contributed by atoms with Gasteiger partial charge in [-0.25, -0.2) is 4.79 Å². The van der Waals surface area contributed by atoms with Crippen molar-refractivity contribution in [1.82, 2.24) is 0 Å². The molecule has 0 saturated carbocycles. The SMILES string of the molecule is COC(=O)C1=CCC(C(=O)O)(C(C)(C)C)C=N1. The highest BCUT2D eigenvalue weighted by molar-refractivity contribution is 5.99. The fourth-order valence-corrected chi connectivity index (χ4v) is 1.75. The number of esters is 1. The average Bonchev–Trinajstić information content (AvgIpc) is 2.26. The Bertz CT molecular complexity index is 403. The van der Waals surface area contributed by atoms with Crippen LogP contribution >= 0.6 is 0 Å². The third-order valence-electron chi connectivity index (χ3n) is 3.16. The maximum absolute atomic E-state index is 11.4. The summed E-state index contributed by atoms with van der Waals surface area (Å²) in [5.74, 6) is -1.48. The Morgan fingerprint density at radius 2 is 2.06 bits per heavy atom. The Morgan fingerprint density at radius 1 is 1.47 bits per heavy atom. The van der Waals surface area contributed by atoms with E-state index in [9.17, 15) is 14.7 Å². The monoisotopic (exact) mass is 239 g/mol. The Labute approximate surface area is 100 Å². The predicted octanol–water partition coefficient (Wildman–Crippen LogP) is 1.63. The van der Waals surface area contributed by atoms with E-state index in [-0.39, 0.29) is 12.1 Å². The molecule has 1 rings (SSSR count). The fourth-order valence-electron chi connectivity index (χ4n) is 1.75. The van der Waals surface area contributed by atoms with E-state index in [0.29, 0.717) is 0 Å². The number of nitrogens with zero attached hydrogens (tertiary/aromatic N) is 1. The first-order valence-corrected chi connectivity index (χ1v) is 5.32. The number of hydrogen-bond acceptors (Lipinski definition) is 4. The smallest absolute Gasteiger partial charge is 0.356 e. The molecule has 0 aliphatic carbocycles. The maximum atomic E-state index is 11.4. The molecule has 0 bridgehead atoms. The Morgan fingerprint density at radius 3 is 2.35 bits per heavy atom. The van der Waals surface area contributed by atoms with Gasteiger partial charge in [-0.3, -0.25) is 9.79 Å². The molecule has 94 valence electrons. The molecule has 5 heteroatoms. The molecular formula is C12H17NO4. The molecule has 0 spiro atoms. The maximum Gasteiger partial charge on any atom is 0.356 e. The van der Waals surface area contributed by atoms with Crippen molar-refractivity contribution >= 4 is 18.2 Å². The molecule has 1 atom stereocenters. The second-order valence-corrected chi connectivity index (χ2v) is 5.07. The van der Waals surface area contributed by atoms with Crippen molar-refractivity contribution in [2.24, 2.45) is 15.8 Å². The van der Waals surface area contributed by atoms with Crippen molar-refractivity contribution in [3.05, 3.63) is 11.8 Å². The molecule has 17 heavy (non-hydrogen) atoms. The number of rotatable bonds is 2. The van der Waals surface area contributed by atoms with E-state index in [4.69, 9.17) is 0 Å². The van der Waals surface area contributed by atoms with Gasteiger partial charge in [0, 0.05) is 6.21 Å². The second kappa shape index (κ2) is 4.31. The Balaban J connectivity index is 3.07. The number of carbonyl (C=O) groups is 2. The van der Waals surface area contributed by atoms with Gasteiger partial charge in [0.15, 0.2) is 0 Å². The normalized spacial score (nSPS) is 24.1. The Kier molecular flexibility index (Phi) is 3.40. The van der Waals surface area contributed by atoms with Crippen LogP contribution in [0.15, 0.2) is 16.8 Å². The zero-order valence-electron chi connectivity index (χ0n) is 10.5. The van der Waals surface area contributed by atoms with Gasteiger partial charge in [-0.15, -0.1) is 0 Å². The number of carbonyl (C=O) groups excluding carboxylic acids is 1. The largest absolute Gasteiger partial charge is 0.481 e. The molecule has 0 saturated heterocycles. The van der Waals surface area contributed by atoms with Crippen LogP contribution in [0.1, 0.15) is 27.2 Å². The van der Waals surface area contributed by atoms with Crippen LogP contribution in [0.25, 0.3) is 0 Å². The van der Waals surface area contributed by atoms with Gasteiger partial charge in [-0.2, -0.15) is 0 Å². The number of carboxylic acids is 1. The lowest BCUT2D eigenvalue weighted by atomic mass is 9.64. The minimum absolute atomic E-state index is 0.161. The van der Waals surface area contributed by atoms with E-state index in [1.807, 2.05) is 20.8 Å². The lowest BCUT2D eigenvalue weighted by Crippen LogP contribution is -2.45. The fraction of sp³-hybridized carbons (Fsp3) is 0.583. The number of aliphatic imine (C=N–C) groups is 1. The molecule has 0 aromatic heterocycles. The van der Waals surface area contributed by atoms with E-state index < -0.39 is 22.8 Å². The zero-order valence-corrected chi connectivity index (χ0v) is 10.5. The van der Waals surface area contributed by atoms with Gasteiger partial charge < -0.3 is 9.84 Å². The topological polar surface area (TPSA) is 76.0 Å². The molecule has 0 aromatic rings. The molecule has 1 aliphatic heterocycles. The van der Waals surface area contributed by atoms with Gasteiger partial charge in [0.1, 0.15) is 11.1 Å². The number of aliphatic carboxylic acids is 1. The molecular weight excluding hydrogens is 222 g/mol. The molecule has 0 radical (unpaired) electrons. The van der Waals surface area contributed by atoms with Crippen LogP contribution in [-0.4, -0.2) is 30.4 Å². The molecule has 5 nitrogen and oxygen atoms in total. The number of ether oxygens (including phenoxy) is 1. The van der Waals surface area contributed by atoms with Crippen molar-refractivity contribution in [1.29, 1.82) is 0 Å². The van der Waals surface area contributed by atoms with Crippen molar-refractivity contribution < 1.29 is 19.4 Å². The third kappa shape index (κ3) is 2.23.